The molecule has 86 valence electrons. The molecule has 6 atom stereocenters. The van der Waals surface area contributed by atoms with Crippen LogP contribution in [-0.4, -0.2) is 56.1 Å². The zero-order valence-electron chi connectivity index (χ0n) is 8.70. The summed E-state index contributed by atoms with van der Waals surface area (Å²) in [5.74, 6) is -0.640. The van der Waals surface area contributed by atoms with Gasteiger partial charge in [0.2, 0.25) is 0 Å². The molecular weight excluding hydrogens is 188 g/mol. The van der Waals surface area contributed by atoms with Crippen molar-refractivity contribution in [2.75, 3.05) is 0 Å². The van der Waals surface area contributed by atoms with Gasteiger partial charge in [0.1, 0.15) is 18.3 Å². The fourth-order valence-electron chi connectivity index (χ4n) is 1.43. The second-order valence-corrected chi connectivity index (χ2v) is 3.31. The van der Waals surface area contributed by atoms with Crippen molar-refractivity contribution >= 4 is 0 Å². The van der Waals surface area contributed by atoms with Crippen LogP contribution in [-0.2, 0) is 0 Å². The Morgan fingerprint density at radius 3 is 1.07 bits per heavy atom. The van der Waals surface area contributed by atoms with E-state index in [0.717, 1.165) is 0 Å². The van der Waals surface area contributed by atoms with Gasteiger partial charge in [0, 0.05) is 5.92 Å². The number of rotatable bonds is 0. The minimum atomic E-state index is -1.48. The molecule has 14 heavy (non-hydrogen) atoms. The molecule has 1 fully saturated rings. The number of aliphatic hydroxyl groups excluding tert-OH is 5. The van der Waals surface area contributed by atoms with Gasteiger partial charge < -0.3 is 25.5 Å². The van der Waals surface area contributed by atoms with Crippen LogP contribution in [0.2, 0.25) is 0 Å². The Kier molecular flexibility index (Phi) is 5.54. The lowest BCUT2D eigenvalue weighted by Crippen LogP contribution is -2.60. The van der Waals surface area contributed by atoms with Crippen LogP contribution in [0.4, 0.5) is 0 Å². The first-order valence-corrected chi connectivity index (χ1v) is 4.87. The summed E-state index contributed by atoms with van der Waals surface area (Å²) in [5.41, 5.74) is 0. The lowest BCUT2D eigenvalue weighted by atomic mass is 9.80. The highest BCUT2D eigenvalue weighted by molar-refractivity contribution is 4.96. The van der Waals surface area contributed by atoms with E-state index in [4.69, 9.17) is 15.3 Å². The van der Waals surface area contributed by atoms with E-state index < -0.39 is 36.4 Å². The first-order chi connectivity index (χ1) is 6.46. The highest BCUT2D eigenvalue weighted by atomic mass is 16.4. The van der Waals surface area contributed by atoms with Gasteiger partial charge in [-0.05, 0) is 0 Å². The van der Waals surface area contributed by atoms with Crippen LogP contribution in [0.15, 0.2) is 0 Å². The van der Waals surface area contributed by atoms with E-state index in [0.29, 0.717) is 0 Å². The summed E-state index contributed by atoms with van der Waals surface area (Å²) in [4.78, 5) is 0. The molecule has 1 aliphatic rings. The third-order valence-corrected chi connectivity index (χ3v) is 2.48. The van der Waals surface area contributed by atoms with Crippen molar-refractivity contribution in [2.24, 2.45) is 5.92 Å². The molecule has 0 amide bonds. The first kappa shape index (κ1) is 13.8. The molecule has 0 radical (unpaired) electrons. The molecule has 1 rings (SSSR count). The largest absolute Gasteiger partial charge is 0.390 e. The molecule has 1 aliphatic carbocycles. The number of hydrogen-bond acceptors (Lipinski definition) is 5. The Morgan fingerprint density at radius 2 is 0.786 bits per heavy atom. The van der Waals surface area contributed by atoms with E-state index in [-0.39, 0.29) is 0 Å². The van der Waals surface area contributed by atoms with Gasteiger partial charge in [0.15, 0.2) is 0 Å². The summed E-state index contributed by atoms with van der Waals surface area (Å²) >= 11 is 0. The monoisotopic (exact) mass is 208 g/mol. The highest BCUT2D eigenvalue weighted by Crippen LogP contribution is 2.25. The quantitative estimate of drug-likeness (QED) is 0.332. The molecule has 5 N–H and O–H groups in total. The summed E-state index contributed by atoms with van der Waals surface area (Å²) in [7, 11) is 0. The lowest BCUT2D eigenvalue weighted by Gasteiger charge is -2.40. The van der Waals surface area contributed by atoms with Crippen molar-refractivity contribution in [1.29, 1.82) is 0 Å². The van der Waals surface area contributed by atoms with Crippen molar-refractivity contribution in [3.8, 4) is 0 Å². The van der Waals surface area contributed by atoms with Crippen LogP contribution in [0.1, 0.15) is 20.8 Å². The van der Waals surface area contributed by atoms with Gasteiger partial charge in [0.25, 0.3) is 0 Å². The average Bonchev–Trinajstić information content (AvgIpc) is 2.24. The van der Waals surface area contributed by atoms with Crippen LogP contribution in [0, 0.1) is 5.92 Å². The van der Waals surface area contributed by atoms with Gasteiger partial charge >= 0.3 is 0 Å². The minimum Gasteiger partial charge on any atom is -0.390 e. The molecule has 0 saturated heterocycles. The van der Waals surface area contributed by atoms with Gasteiger partial charge in [0.05, 0.1) is 12.2 Å². The van der Waals surface area contributed by atoms with E-state index in [1.165, 1.54) is 6.92 Å². The average molecular weight is 208 g/mol. The smallest absolute Gasteiger partial charge is 0.111 e. The second-order valence-electron chi connectivity index (χ2n) is 3.31. The Labute approximate surface area is 83.6 Å². The van der Waals surface area contributed by atoms with E-state index in [1.54, 1.807) is 0 Å². The van der Waals surface area contributed by atoms with Crippen molar-refractivity contribution in [1.82, 2.24) is 0 Å². The zero-order valence-corrected chi connectivity index (χ0v) is 8.70. The maximum absolute atomic E-state index is 9.22. The Balaban J connectivity index is 0.000000791. The van der Waals surface area contributed by atoms with Crippen molar-refractivity contribution < 1.29 is 25.5 Å². The Bertz CT molecular complexity index is 105. The standard InChI is InChI=1S/C7H14O5.C2H6/c1-2-3(8)5(10)7(12)6(11)4(2)9;1-2/h2-12H,1H3;1-2H3/t2?,3-,4?,5?,6?,7?;/m1./s1. The van der Waals surface area contributed by atoms with Gasteiger partial charge in [-0.3, -0.25) is 0 Å². The van der Waals surface area contributed by atoms with Crippen LogP contribution in [0.5, 0.6) is 0 Å². The fraction of sp³-hybridized carbons (Fsp3) is 1.00. The van der Waals surface area contributed by atoms with Gasteiger partial charge in [-0.25, -0.2) is 0 Å². The molecular formula is C9H20O5. The lowest BCUT2D eigenvalue weighted by molar-refractivity contribution is -0.200. The minimum absolute atomic E-state index is 0.640. The molecule has 0 spiro atoms. The van der Waals surface area contributed by atoms with E-state index in [2.05, 4.69) is 0 Å². The second kappa shape index (κ2) is 5.63. The predicted octanol–water partition coefficient (Wildman–Crippen LogP) is -1.53. The summed E-state index contributed by atoms with van der Waals surface area (Å²) < 4.78 is 0. The molecule has 0 bridgehead atoms. The van der Waals surface area contributed by atoms with Crippen LogP contribution < -0.4 is 0 Å². The Hall–Kier alpha value is -0.200. The van der Waals surface area contributed by atoms with E-state index >= 15 is 0 Å². The van der Waals surface area contributed by atoms with Gasteiger partial charge in [-0.2, -0.15) is 0 Å². The molecule has 5 heteroatoms. The zero-order chi connectivity index (χ0) is 11.5. The third-order valence-electron chi connectivity index (χ3n) is 2.48. The molecule has 5 unspecified atom stereocenters. The SMILES string of the molecule is CC.CC1C(O)C(O)C(O)C(O)[C@@H]1O. The molecule has 0 aromatic heterocycles. The maximum Gasteiger partial charge on any atom is 0.111 e. The maximum atomic E-state index is 9.22. The van der Waals surface area contributed by atoms with E-state index in [1.807, 2.05) is 13.8 Å². The molecule has 5 nitrogen and oxygen atoms in total. The Morgan fingerprint density at radius 1 is 0.571 bits per heavy atom. The summed E-state index contributed by atoms with van der Waals surface area (Å²) in [6, 6.07) is 0. The number of aliphatic hydroxyl groups is 5. The number of hydrogen-bond donors (Lipinski definition) is 5. The van der Waals surface area contributed by atoms with E-state index in [9.17, 15) is 10.2 Å². The molecule has 0 aliphatic heterocycles. The fourth-order valence-corrected chi connectivity index (χ4v) is 1.43. The summed E-state index contributed by atoms with van der Waals surface area (Å²) in [5, 5.41) is 45.8. The van der Waals surface area contributed by atoms with Gasteiger partial charge in [-0.15, -0.1) is 0 Å². The molecule has 0 aromatic rings. The van der Waals surface area contributed by atoms with Crippen molar-refractivity contribution in [3.05, 3.63) is 0 Å². The van der Waals surface area contributed by atoms with Gasteiger partial charge in [-0.1, -0.05) is 20.8 Å². The summed E-state index contributed by atoms with van der Waals surface area (Å²) in [6.07, 6.45) is -6.65. The first-order valence-electron chi connectivity index (χ1n) is 4.87. The van der Waals surface area contributed by atoms with Crippen molar-refractivity contribution in [2.45, 2.75) is 51.3 Å². The normalized spacial score (nSPS) is 48.0. The molecule has 1 saturated carbocycles. The molecule has 0 heterocycles. The van der Waals surface area contributed by atoms with Crippen molar-refractivity contribution in [3.63, 3.8) is 0 Å². The van der Waals surface area contributed by atoms with Crippen LogP contribution in [0.25, 0.3) is 0 Å². The van der Waals surface area contributed by atoms with Crippen LogP contribution in [0.3, 0.4) is 0 Å². The molecule has 0 aromatic carbocycles. The summed E-state index contributed by atoms with van der Waals surface area (Å²) in [6.45, 7) is 5.49. The predicted molar refractivity (Wildman–Crippen MR) is 50.5 cm³/mol. The third kappa shape index (κ3) is 2.43. The highest BCUT2D eigenvalue weighted by Gasteiger charge is 2.45. The topological polar surface area (TPSA) is 101 Å². The van der Waals surface area contributed by atoms with Crippen LogP contribution >= 0.6 is 0 Å².